The van der Waals surface area contributed by atoms with Crippen molar-refractivity contribution in [2.45, 2.75) is 45.1 Å². The lowest BCUT2D eigenvalue weighted by Gasteiger charge is -2.21. The predicted molar refractivity (Wildman–Crippen MR) is 112 cm³/mol. The van der Waals surface area contributed by atoms with E-state index in [4.69, 9.17) is 0 Å². The van der Waals surface area contributed by atoms with Crippen molar-refractivity contribution in [1.82, 2.24) is 15.3 Å². The van der Waals surface area contributed by atoms with E-state index < -0.39 is 0 Å². The van der Waals surface area contributed by atoms with Gasteiger partial charge in [0.2, 0.25) is 0 Å². The fourth-order valence-corrected chi connectivity index (χ4v) is 3.99. The molecule has 3 nitrogen and oxygen atoms in total. The van der Waals surface area contributed by atoms with E-state index in [0.717, 1.165) is 40.2 Å². The van der Waals surface area contributed by atoms with Gasteiger partial charge in [0.05, 0.1) is 17.4 Å². The molecule has 0 unspecified atom stereocenters. The molecule has 2 aromatic carbocycles. The van der Waals surface area contributed by atoms with Gasteiger partial charge < -0.3 is 10.3 Å². The third kappa shape index (κ3) is 4.88. The van der Waals surface area contributed by atoms with E-state index in [0.29, 0.717) is 6.54 Å². The molecule has 3 aromatic rings. The Morgan fingerprint density at radius 1 is 1.04 bits per heavy atom. The Labute approximate surface area is 166 Å². The van der Waals surface area contributed by atoms with E-state index in [9.17, 15) is 4.39 Å². The summed E-state index contributed by atoms with van der Waals surface area (Å²) in [5.41, 5.74) is 4.50. The molecule has 0 spiro atoms. The Kier molecular flexibility index (Phi) is 6.86. The van der Waals surface area contributed by atoms with Crippen LogP contribution in [0.2, 0.25) is 0 Å². The summed E-state index contributed by atoms with van der Waals surface area (Å²) in [4.78, 5) is 7.35. The van der Waals surface area contributed by atoms with Crippen molar-refractivity contribution in [3.63, 3.8) is 0 Å². The molecular formula is C22H27ClFN3. The molecule has 5 heteroatoms. The minimum Gasteiger partial charge on any atom is -0.345 e. The second-order valence-electron chi connectivity index (χ2n) is 7.41. The summed E-state index contributed by atoms with van der Waals surface area (Å²) in [7, 11) is 0. The Balaban J connectivity index is 0.00000210. The van der Waals surface area contributed by atoms with Crippen molar-refractivity contribution >= 4 is 23.4 Å². The highest BCUT2D eigenvalue weighted by Gasteiger charge is 2.13. The maximum Gasteiger partial charge on any atom is 0.128 e. The molecule has 0 aliphatic heterocycles. The second kappa shape index (κ2) is 9.34. The summed E-state index contributed by atoms with van der Waals surface area (Å²) in [5.74, 6) is 0.718. The Hall–Kier alpha value is -1.91. The van der Waals surface area contributed by atoms with E-state index in [2.05, 4.69) is 15.3 Å². The van der Waals surface area contributed by atoms with Gasteiger partial charge in [-0.05, 0) is 48.2 Å². The zero-order chi connectivity index (χ0) is 17.8. The number of aromatic amines is 1. The number of fused-ring (bicyclic) bond motifs is 1. The molecule has 0 bridgehead atoms. The van der Waals surface area contributed by atoms with Gasteiger partial charge in [-0.2, -0.15) is 0 Å². The number of rotatable bonds is 6. The van der Waals surface area contributed by atoms with Gasteiger partial charge in [0.25, 0.3) is 0 Å². The van der Waals surface area contributed by atoms with Crippen molar-refractivity contribution in [3.05, 3.63) is 54.1 Å². The van der Waals surface area contributed by atoms with Crippen LogP contribution in [0.4, 0.5) is 4.39 Å². The van der Waals surface area contributed by atoms with Crippen LogP contribution in [0.15, 0.2) is 42.7 Å². The maximum absolute atomic E-state index is 14.5. The summed E-state index contributed by atoms with van der Waals surface area (Å²) < 4.78 is 14.5. The van der Waals surface area contributed by atoms with Crippen LogP contribution in [0, 0.1) is 11.7 Å². The SMILES string of the molecule is Cl.Fc1cc(-c2ccc3[nH]cnc3c2)ccc1CNCCC1CCCCC1. The number of hydrogen-bond donors (Lipinski definition) is 2. The average molecular weight is 388 g/mol. The standard InChI is InChI=1S/C22H26FN3.ClH/c23-20-12-17(18-8-9-21-22(13-18)26-15-25-21)6-7-19(20)14-24-11-10-16-4-2-1-3-5-16;/h6-9,12-13,15-16,24H,1-5,10-11,14H2,(H,25,26);1H. The summed E-state index contributed by atoms with van der Waals surface area (Å²) in [6.07, 6.45) is 9.78. The quantitative estimate of drug-likeness (QED) is 0.521. The summed E-state index contributed by atoms with van der Waals surface area (Å²) >= 11 is 0. The third-order valence-corrected chi connectivity index (χ3v) is 5.58. The van der Waals surface area contributed by atoms with E-state index in [-0.39, 0.29) is 18.2 Å². The minimum atomic E-state index is -0.144. The molecule has 0 radical (unpaired) electrons. The van der Waals surface area contributed by atoms with Crippen LogP contribution in [0.5, 0.6) is 0 Å². The van der Waals surface area contributed by atoms with Crippen LogP contribution in [-0.2, 0) is 6.54 Å². The van der Waals surface area contributed by atoms with Crippen molar-refractivity contribution in [3.8, 4) is 11.1 Å². The first-order valence-corrected chi connectivity index (χ1v) is 9.72. The van der Waals surface area contributed by atoms with Crippen LogP contribution in [-0.4, -0.2) is 16.5 Å². The van der Waals surface area contributed by atoms with Crippen molar-refractivity contribution in [1.29, 1.82) is 0 Å². The zero-order valence-corrected chi connectivity index (χ0v) is 16.3. The van der Waals surface area contributed by atoms with Gasteiger partial charge in [-0.15, -0.1) is 12.4 Å². The lowest BCUT2D eigenvalue weighted by atomic mass is 9.87. The first-order valence-electron chi connectivity index (χ1n) is 9.72. The normalized spacial score (nSPS) is 15.0. The van der Waals surface area contributed by atoms with Crippen LogP contribution in [0.25, 0.3) is 22.2 Å². The van der Waals surface area contributed by atoms with Gasteiger partial charge in [0.15, 0.2) is 0 Å². The second-order valence-corrected chi connectivity index (χ2v) is 7.41. The summed E-state index contributed by atoms with van der Waals surface area (Å²) in [6, 6.07) is 11.5. The molecule has 1 aliphatic rings. The minimum absolute atomic E-state index is 0. The highest BCUT2D eigenvalue weighted by molar-refractivity contribution is 5.85. The van der Waals surface area contributed by atoms with Gasteiger partial charge in [0.1, 0.15) is 5.82 Å². The highest BCUT2D eigenvalue weighted by Crippen LogP contribution is 2.26. The Morgan fingerprint density at radius 3 is 2.63 bits per heavy atom. The molecule has 2 N–H and O–H groups in total. The Morgan fingerprint density at radius 2 is 1.81 bits per heavy atom. The number of imidazole rings is 1. The van der Waals surface area contributed by atoms with E-state index >= 15 is 0 Å². The molecule has 1 fully saturated rings. The molecule has 4 rings (SSSR count). The van der Waals surface area contributed by atoms with Crippen LogP contribution in [0.3, 0.4) is 0 Å². The molecule has 0 amide bonds. The summed E-state index contributed by atoms with van der Waals surface area (Å²) in [5, 5.41) is 3.42. The highest BCUT2D eigenvalue weighted by atomic mass is 35.5. The molecule has 1 aliphatic carbocycles. The number of benzene rings is 2. The van der Waals surface area contributed by atoms with Gasteiger partial charge in [-0.1, -0.05) is 50.3 Å². The van der Waals surface area contributed by atoms with Crippen molar-refractivity contribution < 1.29 is 4.39 Å². The first kappa shape index (κ1) is 19.8. The lowest BCUT2D eigenvalue weighted by molar-refractivity contribution is 0.333. The van der Waals surface area contributed by atoms with Crippen LogP contribution >= 0.6 is 12.4 Å². The Bertz CT molecular complexity index is 871. The molecule has 0 saturated heterocycles. The third-order valence-electron chi connectivity index (χ3n) is 5.58. The fraction of sp³-hybridized carbons (Fsp3) is 0.409. The van der Waals surface area contributed by atoms with E-state index in [1.165, 1.54) is 38.5 Å². The molecule has 0 atom stereocenters. The number of hydrogen-bond acceptors (Lipinski definition) is 2. The smallest absolute Gasteiger partial charge is 0.128 e. The molecule has 1 aromatic heterocycles. The van der Waals surface area contributed by atoms with Crippen LogP contribution < -0.4 is 5.32 Å². The fourth-order valence-electron chi connectivity index (χ4n) is 3.99. The van der Waals surface area contributed by atoms with Gasteiger partial charge >= 0.3 is 0 Å². The van der Waals surface area contributed by atoms with Gasteiger partial charge in [-0.25, -0.2) is 9.37 Å². The molecular weight excluding hydrogens is 361 g/mol. The maximum atomic E-state index is 14.5. The van der Waals surface area contributed by atoms with Crippen molar-refractivity contribution in [2.75, 3.05) is 6.54 Å². The van der Waals surface area contributed by atoms with Gasteiger partial charge in [0, 0.05) is 12.1 Å². The lowest BCUT2D eigenvalue weighted by Crippen LogP contribution is -2.19. The topological polar surface area (TPSA) is 40.7 Å². The number of nitrogens with zero attached hydrogens (tertiary/aromatic N) is 1. The number of H-pyrrole nitrogens is 1. The first-order chi connectivity index (χ1) is 12.8. The largest absolute Gasteiger partial charge is 0.345 e. The number of aromatic nitrogens is 2. The molecule has 27 heavy (non-hydrogen) atoms. The molecule has 1 saturated carbocycles. The van der Waals surface area contributed by atoms with E-state index in [1.54, 1.807) is 12.4 Å². The van der Waals surface area contributed by atoms with Crippen LogP contribution in [0.1, 0.15) is 44.1 Å². The number of nitrogens with one attached hydrogen (secondary N) is 2. The van der Waals surface area contributed by atoms with Crippen molar-refractivity contribution in [2.24, 2.45) is 5.92 Å². The summed E-state index contributed by atoms with van der Waals surface area (Å²) in [6.45, 7) is 1.57. The average Bonchev–Trinajstić information content (AvgIpc) is 3.15. The molecule has 1 heterocycles. The van der Waals surface area contributed by atoms with Gasteiger partial charge in [-0.3, -0.25) is 0 Å². The number of halogens is 2. The van der Waals surface area contributed by atoms with E-state index in [1.807, 2.05) is 30.3 Å². The monoisotopic (exact) mass is 387 g/mol. The molecule has 144 valence electrons. The zero-order valence-electron chi connectivity index (χ0n) is 15.5. The predicted octanol–water partition coefficient (Wildman–Crippen LogP) is 5.85.